The van der Waals surface area contributed by atoms with E-state index in [2.05, 4.69) is 16.8 Å². The maximum absolute atomic E-state index is 11.8. The van der Waals surface area contributed by atoms with E-state index in [1.165, 1.54) is 0 Å². The topological polar surface area (TPSA) is 137 Å². The van der Waals surface area contributed by atoms with Gasteiger partial charge in [-0.15, -0.1) is 16.8 Å². The monoisotopic (exact) mass is 373 g/mol. The molecule has 0 saturated carbocycles. The van der Waals surface area contributed by atoms with Gasteiger partial charge in [0.15, 0.2) is 15.0 Å². The van der Waals surface area contributed by atoms with Gasteiger partial charge in [0.2, 0.25) is 5.91 Å². The van der Waals surface area contributed by atoms with E-state index in [1.54, 1.807) is 17.6 Å². The Morgan fingerprint density at radius 1 is 1.54 bits per heavy atom. The molecule has 1 aliphatic rings. The summed E-state index contributed by atoms with van der Waals surface area (Å²) in [5.41, 5.74) is 4.93. The summed E-state index contributed by atoms with van der Waals surface area (Å²) in [5.74, 6) is 0.00146. The predicted octanol–water partition coefficient (Wildman–Crippen LogP) is 0.0417. The second kappa shape index (κ2) is 7.34. The largest absolute Gasteiger partial charge is 0.351 e. The Labute approximate surface area is 144 Å². The van der Waals surface area contributed by atoms with Crippen molar-refractivity contribution in [2.24, 2.45) is 5.73 Å². The van der Waals surface area contributed by atoms with Gasteiger partial charge in [-0.05, 0) is 13.3 Å². The summed E-state index contributed by atoms with van der Waals surface area (Å²) in [4.78, 5) is 22.5. The van der Waals surface area contributed by atoms with Gasteiger partial charge in [0, 0.05) is 12.5 Å². The van der Waals surface area contributed by atoms with Crippen molar-refractivity contribution < 1.29 is 18.0 Å². The molecule has 0 aromatic carbocycles. The van der Waals surface area contributed by atoms with Crippen molar-refractivity contribution in [1.82, 2.24) is 20.1 Å². The van der Waals surface area contributed by atoms with Crippen LogP contribution in [0.5, 0.6) is 0 Å². The normalized spacial score (nSPS) is 20.5. The van der Waals surface area contributed by atoms with Crippen LogP contribution in [0.3, 0.4) is 0 Å². The van der Waals surface area contributed by atoms with Crippen LogP contribution in [0.4, 0.5) is 4.79 Å². The maximum Gasteiger partial charge on any atom is 0.318 e. The smallest absolute Gasteiger partial charge is 0.318 e. The minimum Gasteiger partial charge on any atom is -0.351 e. The van der Waals surface area contributed by atoms with Crippen LogP contribution in [-0.2, 0) is 21.2 Å². The van der Waals surface area contributed by atoms with Crippen molar-refractivity contribution in [3.05, 3.63) is 18.5 Å². The number of carbonyl (C=O) groups is 2. The molecule has 132 valence electrons. The molecule has 0 bridgehead atoms. The zero-order chi connectivity index (χ0) is 17.9. The number of amides is 3. The van der Waals surface area contributed by atoms with Gasteiger partial charge in [-0.25, -0.2) is 13.2 Å². The molecule has 0 unspecified atom stereocenters. The first-order valence-corrected chi connectivity index (χ1v) is 9.95. The Kier molecular flexibility index (Phi) is 5.65. The number of carbonyl (C=O) groups excluding carboxylic acids is 2. The van der Waals surface area contributed by atoms with Gasteiger partial charge in [0.1, 0.15) is 5.82 Å². The fraction of sp³-hybridized carbons (Fsp3) is 0.538. The predicted molar refractivity (Wildman–Crippen MR) is 89.3 cm³/mol. The molecular formula is C13H19N5O4S2. The van der Waals surface area contributed by atoms with Gasteiger partial charge in [-0.1, -0.05) is 17.8 Å². The third-order valence-corrected chi connectivity index (χ3v) is 6.40. The molecule has 2 rings (SSSR count). The minimum absolute atomic E-state index is 0.0463. The maximum atomic E-state index is 11.8. The van der Waals surface area contributed by atoms with Crippen molar-refractivity contribution in [1.29, 1.82) is 0 Å². The molecular weight excluding hydrogens is 354 g/mol. The number of allylic oxidation sites excluding steroid dienone is 1. The molecule has 3 amide bonds. The second-order valence-electron chi connectivity index (χ2n) is 5.45. The molecule has 1 saturated heterocycles. The molecule has 9 nitrogen and oxygen atoms in total. The summed E-state index contributed by atoms with van der Waals surface area (Å²) >= 11 is 1.11. The number of hydrogen-bond acceptors (Lipinski definition) is 7. The lowest BCUT2D eigenvalue weighted by Gasteiger charge is -2.13. The number of hydrogen-bond donors (Lipinski definition) is 2. The number of sulfone groups is 1. The Balaban J connectivity index is 2.20. The van der Waals surface area contributed by atoms with Crippen molar-refractivity contribution in [2.75, 3.05) is 11.5 Å². The third kappa shape index (κ3) is 4.35. The Hall–Kier alpha value is -1.88. The van der Waals surface area contributed by atoms with Crippen molar-refractivity contribution in [3.63, 3.8) is 0 Å². The van der Waals surface area contributed by atoms with Crippen LogP contribution < -0.4 is 11.1 Å². The molecule has 1 aromatic heterocycles. The average Bonchev–Trinajstić information content (AvgIpc) is 3.02. The summed E-state index contributed by atoms with van der Waals surface area (Å²) < 4.78 is 25.1. The second-order valence-corrected chi connectivity index (χ2v) is 8.99. The highest BCUT2D eigenvalue weighted by Gasteiger charge is 2.33. The van der Waals surface area contributed by atoms with Crippen molar-refractivity contribution in [2.45, 2.75) is 36.2 Å². The number of rotatable bonds is 6. The summed E-state index contributed by atoms with van der Waals surface area (Å²) in [6, 6.07) is -0.920. The number of urea groups is 1. The highest BCUT2D eigenvalue weighted by molar-refractivity contribution is 8.00. The first kappa shape index (κ1) is 18.5. The summed E-state index contributed by atoms with van der Waals surface area (Å²) in [5, 5.41) is 10.0. The SMILES string of the molecule is C=CCn1c(S[C@H](C)C(=O)NC(N)=O)nnc1[C@@H]1CCS(=O)(=O)C1. The van der Waals surface area contributed by atoms with E-state index in [-0.39, 0.29) is 17.4 Å². The van der Waals surface area contributed by atoms with Gasteiger partial charge in [-0.2, -0.15) is 0 Å². The van der Waals surface area contributed by atoms with Gasteiger partial charge in [0.25, 0.3) is 0 Å². The van der Waals surface area contributed by atoms with Crippen LogP contribution in [0, 0.1) is 0 Å². The summed E-state index contributed by atoms with van der Waals surface area (Å²) in [6.07, 6.45) is 2.15. The number of nitrogens with two attached hydrogens (primary N) is 1. The highest BCUT2D eigenvalue weighted by Crippen LogP contribution is 2.31. The Bertz CT molecular complexity index is 758. The fourth-order valence-corrected chi connectivity index (χ4v) is 5.03. The standard InChI is InChI=1S/C13H19N5O4S2/c1-3-5-18-10(9-4-6-24(21,22)7-9)16-17-13(18)23-8(2)11(19)15-12(14)20/h3,8-9H,1,4-7H2,2H3,(H3,14,15,19,20)/t8-,9-/m1/s1. The third-order valence-electron chi connectivity index (χ3n) is 3.55. The van der Waals surface area contributed by atoms with E-state index in [9.17, 15) is 18.0 Å². The highest BCUT2D eigenvalue weighted by atomic mass is 32.2. The van der Waals surface area contributed by atoms with Crippen LogP contribution >= 0.6 is 11.8 Å². The molecule has 1 aliphatic heterocycles. The first-order valence-electron chi connectivity index (χ1n) is 7.25. The van der Waals surface area contributed by atoms with Crippen LogP contribution in [-0.4, -0.2) is 51.9 Å². The van der Waals surface area contributed by atoms with Gasteiger partial charge in [-0.3, -0.25) is 10.1 Å². The first-order chi connectivity index (χ1) is 11.2. The zero-order valence-corrected chi connectivity index (χ0v) is 14.8. The molecule has 2 atom stereocenters. The minimum atomic E-state index is -3.05. The van der Waals surface area contributed by atoms with Gasteiger partial charge >= 0.3 is 6.03 Å². The molecule has 0 aliphatic carbocycles. The van der Waals surface area contributed by atoms with Crippen molar-refractivity contribution in [3.8, 4) is 0 Å². The summed E-state index contributed by atoms with van der Waals surface area (Å²) in [7, 11) is -3.05. The number of primary amides is 1. The summed E-state index contributed by atoms with van der Waals surface area (Å²) in [6.45, 7) is 5.68. The van der Waals surface area contributed by atoms with E-state index in [1.807, 2.05) is 5.32 Å². The lowest BCUT2D eigenvalue weighted by Crippen LogP contribution is -2.39. The molecule has 0 radical (unpaired) electrons. The molecule has 24 heavy (non-hydrogen) atoms. The van der Waals surface area contributed by atoms with Crippen molar-refractivity contribution >= 4 is 33.5 Å². The number of imide groups is 1. The number of nitrogens with zero attached hydrogens (tertiary/aromatic N) is 3. The van der Waals surface area contributed by atoms with E-state index in [0.717, 1.165) is 11.8 Å². The Morgan fingerprint density at radius 2 is 2.25 bits per heavy atom. The molecule has 1 aromatic rings. The van der Waals surface area contributed by atoms with E-state index in [0.29, 0.717) is 23.9 Å². The quantitative estimate of drug-likeness (QED) is 0.530. The van der Waals surface area contributed by atoms with Crippen LogP contribution in [0.15, 0.2) is 17.8 Å². The van der Waals surface area contributed by atoms with Gasteiger partial charge in [0.05, 0.1) is 16.8 Å². The average molecular weight is 373 g/mol. The molecule has 2 heterocycles. The molecule has 11 heteroatoms. The zero-order valence-electron chi connectivity index (χ0n) is 13.1. The van der Waals surface area contributed by atoms with Crippen LogP contribution in [0.25, 0.3) is 0 Å². The number of aromatic nitrogens is 3. The molecule has 0 spiro atoms. The number of thioether (sulfide) groups is 1. The lowest BCUT2D eigenvalue weighted by atomic mass is 10.1. The van der Waals surface area contributed by atoms with Crippen LogP contribution in [0.2, 0.25) is 0 Å². The van der Waals surface area contributed by atoms with E-state index >= 15 is 0 Å². The van der Waals surface area contributed by atoms with Gasteiger partial charge < -0.3 is 10.3 Å². The lowest BCUT2D eigenvalue weighted by molar-refractivity contribution is -0.119. The van der Waals surface area contributed by atoms with E-state index < -0.39 is 27.0 Å². The van der Waals surface area contributed by atoms with Crippen LogP contribution in [0.1, 0.15) is 25.1 Å². The molecule has 1 fully saturated rings. The van der Waals surface area contributed by atoms with E-state index in [4.69, 9.17) is 5.73 Å². The molecule has 3 N–H and O–H groups in total. The fourth-order valence-electron chi connectivity index (χ4n) is 2.42. The number of nitrogens with one attached hydrogen (secondary N) is 1. The Morgan fingerprint density at radius 3 is 2.79 bits per heavy atom.